The molecule has 1 aromatic rings. The highest BCUT2D eigenvalue weighted by molar-refractivity contribution is 7.90. The molecule has 2 rings (SSSR count). The van der Waals surface area contributed by atoms with Crippen molar-refractivity contribution in [2.45, 2.75) is 19.8 Å². The standard InChI is InChI=1S/C11H20N4O2S2/c1-2-12-8-10-4-3-6-15(9-10)19(16,17)14-11-13-5-7-18-11/h5,7,10,12H,2-4,6,8-9H2,1H3,(H,13,14). The van der Waals surface area contributed by atoms with Crippen LogP contribution in [0.3, 0.4) is 0 Å². The molecule has 1 unspecified atom stereocenters. The monoisotopic (exact) mass is 304 g/mol. The van der Waals surface area contributed by atoms with Gasteiger partial charge in [-0.25, -0.2) is 9.71 Å². The Morgan fingerprint density at radius 3 is 3.11 bits per heavy atom. The second kappa shape index (κ2) is 6.65. The van der Waals surface area contributed by atoms with E-state index in [-0.39, 0.29) is 0 Å². The highest BCUT2D eigenvalue weighted by Crippen LogP contribution is 2.21. The second-order valence-corrected chi connectivity index (χ2v) is 7.18. The van der Waals surface area contributed by atoms with Crippen LogP contribution < -0.4 is 10.0 Å². The number of nitrogens with zero attached hydrogens (tertiary/aromatic N) is 2. The molecule has 0 saturated carbocycles. The van der Waals surface area contributed by atoms with Crippen molar-refractivity contribution in [1.29, 1.82) is 0 Å². The minimum Gasteiger partial charge on any atom is -0.317 e. The summed E-state index contributed by atoms with van der Waals surface area (Å²) < 4.78 is 28.5. The summed E-state index contributed by atoms with van der Waals surface area (Å²) in [6.45, 7) is 5.01. The van der Waals surface area contributed by atoms with Crippen LogP contribution in [0, 0.1) is 5.92 Å². The quantitative estimate of drug-likeness (QED) is 0.826. The molecule has 1 saturated heterocycles. The van der Waals surface area contributed by atoms with Crippen molar-refractivity contribution in [1.82, 2.24) is 14.6 Å². The van der Waals surface area contributed by atoms with Gasteiger partial charge in [-0.3, -0.25) is 0 Å². The van der Waals surface area contributed by atoms with Gasteiger partial charge in [0, 0.05) is 24.7 Å². The van der Waals surface area contributed by atoms with Crippen LogP contribution >= 0.6 is 11.3 Å². The SMILES string of the molecule is CCNCC1CCCN(S(=O)(=O)Nc2nccs2)C1. The van der Waals surface area contributed by atoms with Crippen molar-refractivity contribution in [3.63, 3.8) is 0 Å². The van der Waals surface area contributed by atoms with Crippen molar-refractivity contribution < 1.29 is 8.42 Å². The maximum absolute atomic E-state index is 12.2. The van der Waals surface area contributed by atoms with Gasteiger partial charge < -0.3 is 5.32 Å². The van der Waals surface area contributed by atoms with Gasteiger partial charge in [0.2, 0.25) is 0 Å². The molecule has 8 heteroatoms. The fourth-order valence-corrected chi connectivity index (χ4v) is 4.27. The average molecular weight is 304 g/mol. The topological polar surface area (TPSA) is 74.3 Å². The molecule has 1 aliphatic rings. The number of aromatic nitrogens is 1. The van der Waals surface area contributed by atoms with E-state index in [4.69, 9.17) is 0 Å². The van der Waals surface area contributed by atoms with Gasteiger partial charge in [-0.15, -0.1) is 11.3 Å². The molecule has 2 heterocycles. The summed E-state index contributed by atoms with van der Waals surface area (Å²) in [5.74, 6) is 0.390. The van der Waals surface area contributed by atoms with E-state index in [9.17, 15) is 8.42 Å². The minimum atomic E-state index is -3.46. The van der Waals surface area contributed by atoms with Crippen molar-refractivity contribution >= 4 is 26.7 Å². The van der Waals surface area contributed by atoms with E-state index in [1.165, 1.54) is 15.6 Å². The molecule has 0 aromatic carbocycles. The summed E-state index contributed by atoms with van der Waals surface area (Å²) >= 11 is 1.29. The Morgan fingerprint density at radius 1 is 1.58 bits per heavy atom. The average Bonchev–Trinajstić information content (AvgIpc) is 2.89. The Balaban J connectivity index is 1.95. The van der Waals surface area contributed by atoms with E-state index < -0.39 is 10.2 Å². The molecule has 1 aliphatic heterocycles. The third-order valence-electron chi connectivity index (χ3n) is 3.15. The van der Waals surface area contributed by atoms with Gasteiger partial charge in [0.25, 0.3) is 0 Å². The fraction of sp³-hybridized carbons (Fsp3) is 0.727. The number of anilines is 1. The Labute approximate surface area is 118 Å². The van der Waals surface area contributed by atoms with Gasteiger partial charge in [0.05, 0.1) is 0 Å². The molecule has 1 atom stereocenters. The molecule has 0 bridgehead atoms. The summed E-state index contributed by atoms with van der Waals surface area (Å²) in [6.07, 6.45) is 3.58. The van der Waals surface area contributed by atoms with Crippen LogP contribution in [0.4, 0.5) is 5.13 Å². The number of rotatable bonds is 6. The lowest BCUT2D eigenvalue weighted by atomic mass is 10.00. The minimum absolute atomic E-state index is 0.390. The lowest BCUT2D eigenvalue weighted by molar-refractivity contribution is 0.262. The largest absolute Gasteiger partial charge is 0.317 e. The first-order chi connectivity index (χ1) is 9.12. The summed E-state index contributed by atoms with van der Waals surface area (Å²) in [5, 5.41) is 5.46. The van der Waals surface area contributed by atoms with E-state index in [0.29, 0.717) is 24.1 Å². The zero-order chi connectivity index (χ0) is 13.7. The number of hydrogen-bond donors (Lipinski definition) is 2. The Kier molecular flexibility index (Phi) is 5.14. The molecule has 0 spiro atoms. The third-order valence-corrected chi connectivity index (χ3v) is 5.43. The number of hydrogen-bond acceptors (Lipinski definition) is 5. The van der Waals surface area contributed by atoms with Crippen molar-refractivity contribution in [2.24, 2.45) is 5.92 Å². The van der Waals surface area contributed by atoms with E-state index in [1.807, 2.05) is 0 Å². The van der Waals surface area contributed by atoms with Crippen molar-refractivity contribution in [2.75, 3.05) is 30.9 Å². The van der Waals surface area contributed by atoms with E-state index in [2.05, 4.69) is 21.9 Å². The Morgan fingerprint density at radius 2 is 2.42 bits per heavy atom. The maximum atomic E-state index is 12.2. The van der Waals surface area contributed by atoms with Crippen LogP contribution in [-0.2, 0) is 10.2 Å². The first-order valence-electron chi connectivity index (χ1n) is 6.50. The van der Waals surface area contributed by atoms with Crippen LogP contribution in [-0.4, -0.2) is 43.9 Å². The first kappa shape index (κ1) is 14.7. The summed E-state index contributed by atoms with van der Waals surface area (Å²) in [4.78, 5) is 3.95. The summed E-state index contributed by atoms with van der Waals surface area (Å²) in [7, 11) is -3.46. The molecule has 0 aliphatic carbocycles. The predicted octanol–water partition coefficient (Wildman–Crippen LogP) is 1.12. The zero-order valence-electron chi connectivity index (χ0n) is 11.0. The van der Waals surface area contributed by atoms with Gasteiger partial charge in [-0.1, -0.05) is 6.92 Å². The summed E-state index contributed by atoms with van der Waals surface area (Å²) in [6, 6.07) is 0. The van der Waals surface area contributed by atoms with Gasteiger partial charge in [0.1, 0.15) is 0 Å². The van der Waals surface area contributed by atoms with Gasteiger partial charge in [0.15, 0.2) is 5.13 Å². The normalized spacial score (nSPS) is 21.4. The number of piperidine rings is 1. The third kappa shape index (κ3) is 4.13. The highest BCUT2D eigenvalue weighted by Gasteiger charge is 2.29. The van der Waals surface area contributed by atoms with Crippen LogP contribution in [0.1, 0.15) is 19.8 Å². The van der Waals surface area contributed by atoms with Crippen LogP contribution in [0.5, 0.6) is 0 Å². The summed E-state index contributed by atoms with van der Waals surface area (Å²) in [5.41, 5.74) is 0. The van der Waals surface area contributed by atoms with Crippen molar-refractivity contribution in [3.8, 4) is 0 Å². The molecular weight excluding hydrogens is 284 g/mol. The van der Waals surface area contributed by atoms with E-state index >= 15 is 0 Å². The number of thiazole rings is 1. The van der Waals surface area contributed by atoms with E-state index in [0.717, 1.165) is 25.9 Å². The Bertz CT molecular complexity index is 475. The van der Waals surface area contributed by atoms with Crippen LogP contribution in [0.2, 0.25) is 0 Å². The fourth-order valence-electron chi connectivity index (χ4n) is 2.21. The van der Waals surface area contributed by atoms with Gasteiger partial charge in [-0.05, 0) is 31.8 Å². The molecule has 19 heavy (non-hydrogen) atoms. The lowest BCUT2D eigenvalue weighted by Crippen LogP contribution is -2.45. The highest BCUT2D eigenvalue weighted by atomic mass is 32.2. The second-order valence-electron chi connectivity index (χ2n) is 4.62. The molecule has 0 amide bonds. The molecule has 2 N–H and O–H groups in total. The molecule has 6 nitrogen and oxygen atoms in total. The zero-order valence-corrected chi connectivity index (χ0v) is 12.6. The van der Waals surface area contributed by atoms with Gasteiger partial charge in [-0.2, -0.15) is 12.7 Å². The van der Waals surface area contributed by atoms with Crippen molar-refractivity contribution in [3.05, 3.63) is 11.6 Å². The lowest BCUT2D eigenvalue weighted by Gasteiger charge is -2.31. The van der Waals surface area contributed by atoms with Crippen LogP contribution in [0.25, 0.3) is 0 Å². The molecule has 1 aromatic heterocycles. The predicted molar refractivity (Wildman–Crippen MR) is 77.5 cm³/mol. The van der Waals surface area contributed by atoms with E-state index in [1.54, 1.807) is 11.6 Å². The maximum Gasteiger partial charge on any atom is 0.303 e. The smallest absolute Gasteiger partial charge is 0.303 e. The molecule has 1 fully saturated rings. The van der Waals surface area contributed by atoms with Gasteiger partial charge >= 0.3 is 10.2 Å². The number of nitrogens with one attached hydrogen (secondary N) is 2. The molecule has 0 radical (unpaired) electrons. The van der Waals surface area contributed by atoms with Crippen LogP contribution in [0.15, 0.2) is 11.6 Å². The Hall–Kier alpha value is -0.700. The molecular formula is C11H20N4O2S2. The first-order valence-corrected chi connectivity index (χ1v) is 8.82. The molecule has 108 valence electrons.